The highest BCUT2D eigenvalue weighted by Gasteiger charge is 2.63. The fourth-order valence-corrected chi connectivity index (χ4v) is 4.27. The van der Waals surface area contributed by atoms with Gasteiger partial charge in [-0.15, -0.1) is 0 Å². The Kier molecular flexibility index (Phi) is 6.94. The predicted molar refractivity (Wildman–Crippen MR) is 116 cm³/mol. The molecule has 0 saturated heterocycles. The molecule has 1 aromatic heterocycles. The Hall–Kier alpha value is -2.54. The molecule has 3 rings (SSSR count). The molecule has 31 heavy (non-hydrogen) atoms. The second kappa shape index (κ2) is 9.30. The highest BCUT2D eigenvalue weighted by molar-refractivity contribution is 5.77. The Morgan fingerprint density at radius 2 is 1.94 bits per heavy atom. The Morgan fingerprint density at radius 3 is 2.45 bits per heavy atom. The molecule has 2 atom stereocenters. The second-order valence-electron chi connectivity index (χ2n) is 8.88. The summed E-state index contributed by atoms with van der Waals surface area (Å²) in [7, 11) is 3.87. The van der Waals surface area contributed by atoms with Crippen LogP contribution in [0.1, 0.15) is 43.2 Å². The van der Waals surface area contributed by atoms with Gasteiger partial charge in [0.15, 0.2) is 0 Å². The van der Waals surface area contributed by atoms with E-state index in [0.717, 1.165) is 12.5 Å². The van der Waals surface area contributed by atoms with Crippen LogP contribution in [0.15, 0.2) is 48.8 Å². The van der Waals surface area contributed by atoms with E-state index in [0.29, 0.717) is 31.4 Å². The minimum absolute atomic E-state index is 0.00841. The summed E-state index contributed by atoms with van der Waals surface area (Å²) in [6, 6.07) is 10.5. The molecule has 1 amide bonds. The van der Waals surface area contributed by atoms with Gasteiger partial charge in [-0.1, -0.05) is 18.2 Å². The van der Waals surface area contributed by atoms with Crippen molar-refractivity contribution in [1.82, 2.24) is 15.2 Å². The number of benzene rings is 1. The topological polar surface area (TPSA) is 65.5 Å². The van der Waals surface area contributed by atoms with Crippen LogP contribution in [0.4, 0.5) is 8.78 Å². The lowest BCUT2D eigenvalue weighted by Gasteiger charge is -2.32. The van der Waals surface area contributed by atoms with Gasteiger partial charge in [-0.25, -0.2) is 8.78 Å². The van der Waals surface area contributed by atoms with Gasteiger partial charge in [0.1, 0.15) is 5.75 Å². The molecular weight excluding hydrogens is 400 g/mol. The van der Waals surface area contributed by atoms with Gasteiger partial charge in [-0.05, 0) is 69.6 Å². The van der Waals surface area contributed by atoms with Gasteiger partial charge < -0.3 is 15.3 Å². The number of halogens is 2. The van der Waals surface area contributed by atoms with Crippen LogP contribution < -0.4 is 5.32 Å². The van der Waals surface area contributed by atoms with E-state index in [1.165, 1.54) is 0 Å². The van der Waals surface area contributed by atoms with Crippen molar-refractivity contribution >= 4 is 5.91 Å². The second-order valence-corrected chi connectivity index (χ2v) is 8.88. The molecule has 2 aromatic rings. The third-order valence-corrected chi connectivity index (χ3v) is 6.48. The van der Waals surface area contributed by atoms with Gasteiger partial charge in [0, 0.05) is 42.7 Å². The maximum absolute atomic E-state index is 14.5. The Morgan fingerprint density at radius 1 is 1.26 bits per heavy atom. The molecule has 1 fully saturated rings. The fraction of sp³-hybridized carbons (Fsp3) is 0.500. The molecule has 7 heteroatoms. The quantitative estimate of drug-likeness (QED) is 0.597. The minimum Gasteiger partial charge on any atom is -0.508 e. The minimum atomic E-state index is -2.86. The van der Waals surface area contributed by atoms with Crippen molar-refractivity contribution in [3.05, 3.63) is 59.9 Å². The van der Waals surface area contributed by atoms with Crippen molar-refractivity contribution in [2.45, 2.75) is 50.5 Å². The lowest BCUT2D eigenvalue weighted by Crippen LogP contribution is -2.43. The number of rotatable bonds is 10. The summed E-state index contributed by atoms with van der Waals surface area (Å²) in [5.41, 5.74) is 0.548. The summed E-state index contributed by atoms with van der Waals surface area (Å²) in [4.78, 5) is 18.9. The Balaban J connectivity index is 1.67. The molecule has 0 radical (unpaired) electrons. The van der Waals surface area contributed by atoms with Crippen molar-refractivity contribution < 1.29 is 18.7 Å². The summed E-state index contributed by atoms with van der Waals surface area (Å²) in [5, 5.41) is 12.4. The Labute approximate surface area is 182 Å². The van der Waals surface area contributed by atoms with E-state index >= 15 is 0 Å². The first-order valence-electron chi connectivity index (χ1n) is 10.6. The summed E-state index contributed by atoms with van der Waals surface area (Å²) in [5.74, 6) is -3.46. The average molecular weight is 432 g/mol. The lowest BCUT2D eigenvalue weighted by molar-refractivity contribution is -0.123. The predicted octanol–water partition coefficient (Wildman–Crippen LogP) is 3.99. The fourth-order valence-electron chi connectivity index (χ4n) is 4.27. The van der Waals surface area contributed by atoms with Gasteiger partial charge in [-0.3, -0.25) is 9.78 Å². The number of amides is 1. The summed E-state index contributed by atoms with van der Waals surface area (Å²) < 4.78 is 28.9. The van der Waals surface area contributed by atoms with E-state index < -0.39 is 17.3 Å². The van der Waals surface area contributed by atoms with Gasteiger partial charge >= 0.3 is 0 Å². The van der Waals surface area contributed by atoms with E-state index in [1.54, 1.807) is 36.7 Å². The van der Waals surface area contributed by atoms with Gasteiger partial charge in [0.2, 0.25) is 5.91 Å². The highest BCUT2D eigenvalue weighted by Crippen LogP contribution is 2.65. The Bertz CT molecular complexity index is 863. The first-order valence-corrected chi connectivity index (χ1v) is 10.6. The van der Waals surface area contributed by atoms with E-state index in [-0.39, 0.29) is 24.1 Å². The third kappa shape index (κ3) is 5.58. The zero-order valence-corrected chi connectivity index (χ0v) is 18.3. The highest BCUT2D eigenvalue weighted by atomic mass is 19.3. The molecular formula is C24H31F2N3O2. The SMILES string of the molecule is CN(C)[C@H](CNC(=O)C[C@H](c1cccnc1)C1(C(C)(F)F)CC1)Cc1ccc(O)cc1. The number of phenolic OH excluding ortho intramolecular Hbond substituents is 1. The molecule has 1 heterocycles. The molecule has 0 bridgehead atoms. The standard InChI is InChI=1S/C24H31F2N3O2/c1-23(25,26)24(10-11-24)21(18-5-4-12-27-15-18)14-22(31)28-16-19(29(2)3)13-17-6-8-20(30)9-7-17/h4-9,12,15,19,21,30H,10-11,13-14,16H2,1-3H3,(H,28,31)/t19-,21+/m0/s1. The van der Waals surface area contributed by atoms with Crippen LogP contribution in [0.5, 0.6) is 5.75 Å². The van der Waals surface area contributed by atoms with Crippen molar-refractivity contribution in [2.75, 3.05) is 20.6 Å². The number of likely N-dealkylation sites (N-methyl/N-ethyl adjacent to an activating group) is 1. The number of pyridine rings is 1. The third-order valence-electron chi connectivity index (χ3n) is 6.48. The lowest BCUT2D eigenvalue weighted by atomic mass is 9.77. The maximum Gasteiger partial charge on any atom is 0.251 e. The molecule has 1 aromatic carbocycles. The number of nitrogens with zero attached hydrogens (tertiary/aromatic N) is 2. The molecule has 1 aliphatic rings. The average Bonchev–Trinajstić information content (AvgIpc) is 3.53. The molecule has 5 nitrogen and oxygen atoms in total. The summed E-state index contributed by atoms with van der Waals surface area (Å²) in [6.07, 6.45) is 4.71. The van der Waals surface area contributed by atoms with E-state index in [1.807, 2.05) is 31.1 Å². The van der Waals surface area contributed by atoms with Gasteiger partial charge in [0.25, 0.3) is 5.92 Å². The van der Waals surface area contributed by atoms with Crippen LogP contribution in [0.3, 0.4) is 0 Å². The number of aromatic hydroxyl groups is 1. The molecule has 0 spiro atoms. The zero-order chi connectivity index (χ0) is 22.6. The number of hydrogen-bond donors (Lipinski definition) is 2. The monoisotopic (exact) mass is 431 g/mol. The van der Waals surface area contributed by atoms with Crippen LogP contribution >= 0.6 is 0 Å². The van der Waals surface area contributed by atoms with Crippen LogP contribution in [-0.2, 0) is 11.2 Å². The van der Waals surface area contributed by atoms with Crippen molar-refractivity contribution in [3.8, 4) is 5.75 Å². The number of aromatic nitrogens is 1. The van der Waals surface area contributed by atoms with Crippen molar-refractivity contribution in [3.63, 3.8) is 0 Å². The normalized spacial score (nSPS) is 17.2. The molecule has 0 unspecified atom stereocenters. The largest absolute Gasteiger partial charge is 0.508 e. The number of hydrogen-bond acceptors (Lipinski definition) is 4. The maximum atomic E-state index is 14.5. The number of alkyl halides is 2. The number of phenols is 1. The van der Waals surface area contributed by atoms with Crippen LogP contribution in [0.25, 0.3) is 0 Å². The van der Waals surface area contributed by atoms with E-state index in [9.17, 15) is 18.7 Å². The number of carbonyl (C=O) groups is 1. The molecule has 1 aliphatic carbocycles. The van der Waals surface area contributed by atoms with Crippen LogP contribution in [0, 0.1) is 5.41 Å². The first-order chi connectivity index (χ1) is 14.6. The zero-order valence-electron chi connectivity index (χ0n) is 18.3. The van der Waals surface area contributed by atoms with Crippen LogP contribution in [-0.4, -0.2) is 53.5 Å². The smallest absolute Gasteiger partial charge is 0.251 e. The first kappa shape index (κ1) is 23.1. The van der Waals surface area contributed by atoms with Crippen molar-refractivity contribution in [2.24, 2.45) is 5.41 Å². The molecule has 168 valence electrons. The van der Waals surface area contributed by atoms with E-state index in [4.69, 9.17) is 0 Å². The van der Waals surface area contributed by atoms with Gasteiger partial charge in [0.05, 0.1) is 0 Å². The van der Waals surface area contributed by atoms with Crippen molar-refractivity contribution in [1.29, 1.82) is 0 Å². The molecule has 2 N–H and O–H groups in total. The van der Waals surface area contributed by atoms with Crippen LogP contribution in [0.2, 0.25) is 0 Å². The van der Waals surface area contributed by atoms with E-state index in [2.05, 4.69) is 10.3 Å². The summed E-state index contributed by atoms with van der Waals surface area (Å²) in [6.45, 7) is 1.36. The number of nitrogens with one attached hydrogen (secondary N) is 1. The molecule has 1 saturated carbocycles. The van der Waals surface area contributed by atoms with Gasteiger partial charge in [-0.2, -0.15) is 0 Å². The summed E-state index contributed by atoms with van der Waals surface area (Å²) >= 11 is 0. The molecule has 0 aliphatic heterocycles. The number of carbonyl (C=O) groups excluding carboxylic acids is 1.